The van der Waals surface area contributed by atoms with Gasteiger partial charge in [0.1, 0.15) is 33.9 Å². The molecular formula is C81H87N17. The number of H-pyrrole nitrogens is 3. The van der Waals surface area contributed by atoms with Crippen molar-refractivity contribution in [3.63, 3.8) is 0 Å². The number of hydrogen-bond donors (Lipinski definition) is 3. The van der Waals surface area contributed by atoms with Crippen LogP contribution in [0.2, 0.25) is 0 Å². The lowest BCUT2D eigenvalue weighted by molar-refractivity contribution is 0.863. The zero-order valence-corrected chi connectivity index (χ0v) is 55.3. The van der Waals surface area contributed by atoms with E-state index in [2.05, 4.69) is 294 Å². The molecule has 0 saturated carbocycles. The number of benzene rings is 3. The number of fused-ring (bicyclic) bond motifs is 21. The van der Waals surface area contributed by atoms with Crippen LogP contribution in [-0.4, -0.2) is 79.6 Å². The number of hydrogen-bond acceptors (Lipinski definition) is 4. The smallest absolute Gasteiger partial charge is 0.214 e. The van der Waals surface area contributed by atoms with Crippen LogP contribution in [0.4, 0.5) is 0 Å². The normalized spacial score (nSPS) is 11.3. The van der Waals surface area contributed by atoms with Gasteiger partial charge < -0.3 is 46.4 Å². The van der Waals surface area contributed by atoms with Crippen molar-refractivity contribution in [2.24, 2.45) is 28.2 Å². The van der Waals surface area contributed by atoms with Crippen LogP contribution >= 0.6 is 0 Å². The first-order chi connectivity index (χ1) is 46.1. The minimum absolute atomic E-state index is 0. The summed E-state index contributed by atoms with van der Waals surface area (Å²) >= 11 is 0. The highest BCUT2D eigenvalue weighted by molar-refractivity contribution is 5.96. The van der Waals surface area contributed by atoms with Crippen molar-refractivity contribution < 1.29 is 0 Å². The lowest BCUT2D eigenvalue weighted by atomic mass is 10.1. The number of aromatic nitrogens is 17. The second-order valence-electron chi connectivity index (χ2n) is 24.8. The van der Waals surface area contributed by atoms with E-state index in [0.717, 1.165) is 68.5 Å². The molecule has 1 aliphatic rings. The minimum Gasteiger partial charge on any atom is -0.363 e. The average molecular weight is 1300 g/mol. The fraction of sp³-hybridized carbons (Fsp3) is 0.185. The van der Waals surface area contributed by atoms with E-state index in [1.807, 2.05) is 87.9 Å². The topological polar surface area (TPSA) is 145 Å². The molecule has 0 atom stereocenters. The van der Waals surface area contributed by atoms with E-state index in [1.54, 1.807) is 0 Å². The predicted octanol–water partition coefficient (Wildman–Crippen LogP) is 18.8. The fourth-order valence-corrected chi connectivity index (χ4v) is 13.4. The summed E-state index contributed by atoms with van der Waals surface area (Å²) in [6, 6.07) is 58.4. The van der Waals surface area contributed by atoms with Gasteiger partial charge in [0.05, 0.1) is 39.0 Å². The zero-order chi connectivity index (χ0) is 65.3. The van der Waals surface area contributed by atoms with Crippen molar-refractivity contribution in [3.8, 4) is 11.3 Å². The summed E-state index contributed by atoms with van der Waals surface area (Å²) in [5, 5.41) is 5.25. The van der Waals surface area contributed by atoms with Crippen LogP contribution in [0.3, 0.4) is 0 Å². The summed E-state index contributed by atoms with van der Waals surface area (Å²) in [6.45, 7) is 14.6. The number of nitrogens with one attached hydrogen (secondary N) is 3. The molecule has 20 aromatic rings. The van der Waals surface area contributed by atoms with E-state index in [4.69, 9.17) is 0 Å². The highest BCUT2D eigenvalue weighted by atomic mass is 15.2. The van der Waals surface area contributed by atoms with Crippen molar-refractivity contribution in [3.05, 3.63) is 277 Å². The van der Waals surface area contributed by atoms with Crippen molar-refractivity contribution in [2.75, 3.05) is 0 Å². The van der Waals surface area contributed by atoms with E-state index in [1.165, 1.54) is 100 Å². The Morgan fingerprint density at radius 3 is 1.88 bits per heavy atom. The third-order valence-electron chi connectivity index (χ3n) is 18.6. The first kappa shape index (κ1) is 66.1. The van der Waals surface area contributed by atoms with Crippen molar-refractivity contribution in [2.45, 2.75) is 77.2 Å². The Bertz CT molecular complexity index is 5940. The van der Waals surface area contributed by atoms with Gasteiger partial charge in [-0.2, -0.15) is 0 Å². The Balaban J connectivity index is 0.000000108. The molecule has 3 N–H and O–H groups in total. The highest BCUT2D eigenvalue weighted by Crippen LogP contribution is 2.36. The van der Waals surface area contributed by atoms with Crippen LogP contribution < -0.4 is 0 Å². The third-order valence-corrected chi connectivity index (χ3v) is 18.6. The van der Waals surface area contributed by atoms with Gasteiger partial charge in [0, 0.05) is 163 Å². The number of aromatic amines is 3. The van der Waals surface area contributed by atoms with Gasteiger partial charge in [-0.05, 0) is 139 Å². The molecule has 17 heteroatoms. The van der Waals surface area contributed by atoms with Gasteiger partial charge in [-0.25, -0.2) is 19.9 Å². The lowest BCUT2D eigenvalue weighted by Crippen LogP contribution is -1.94. The maximum absolute atomic E-state index is 4.57. The Hall–Kier alpha value is -12.0. The molecule has 0 spiro atoms. The number of para-hydroxylation sites is 2. The molecular weight excluding hydrogens is 1210 g/mol. The summed E-state index contributed by atoms with van der Waals surface area (Å²) < 4.78 is 21.6. The van der Waals surface area contributed by atoms with Gasteiger partial charge in [0.15, 0.2) is 5.65 Å². The minimum atomic E-state index is 0. The summed E-state index contributed by atoms with van der Waals surface area (Å²) in [6.07, 6.45) is 19.9. The second kappa shape index (κ2) is 26.7. The molecule has 0 amide bonds. The van der Waals surface area contributed by atoms with E-state index in [9.17, 15) is 0 Å². The number of pyridine rings is 4. The van der Waals surface area contributed by atoms with Crippen molar-refractivity contribution in [1.82, 2.24) is 79.6 Å². The predicted molar refractivity (Wildman–Crippen MR) is 408 cm³/mol. The molecule has 0 radical (unpaired) electrons. The number of rotatable bonds is 0. The Morgan fingerprint density at radius 2 is 1.09 bits per heavy atom. The first-order valence-electron chi connectivity index (χ1n) is 32.1. The number of aryl methyl sites for hydroxylation is 10. The summed E-state index contributed by atoms with van der Waals surface area (Å²) in [5.74, 6) is 2.10. The van der Waals surface area contributed by atoms with Crippen molar-refractivity contribution in [1.29, 1.82) is 0 Å². The van der Waals surface area contributed by atoms with Gasteiger partial charge >= 0.3 is 0 Å². The molecule has 496 valence electrons. The third kappa shape index (κ3) is 11.7. The molecule has 1 aliphatic carbocycles. The van der Waals surface area contributed by atoms with Gasteiger partial charge in [-0.3, -0.25) is 13.2 Å². The molecule has 0 saturated heterocycles. The molecule has 21 rings (SSSR count). The lowest BCUT2D eigenvalue weighted by Gasteiger charge is -2.03. The molecule has 17 nitrogen and oxygen atoms in total. The molecule has 3 aromatic carbocycles. The Morgan fingerprint density at radius 1 is 0.449 bits per heavy atom. The Labute approximate surface area is 569 Å². The van der Waals surface area contributed by atoms with Crippen LogP contribution in [0.15, 0.2) is 226 Å². The molecule has 98 heavy (non-hydrogen) atoms. The zero-order valence-electron chi connectivity index (χ0n) is 55.3. The van der Waals surface area contributed by atoms with Crippen LogP contribution in [0, 0.1) is 48.5 Å². The van der Waals surface area contributed by atoms with E-state index >= 15 is 0 Å². The van der Waals surface area contributed by atoms with Crippen LogP contribution in [0.5, 0.6) is 0 Å². The van der Waals surface area contributed by atoms with Gasteiger partial charge in [-0.15, -0.1) is 0 Å². The largest absolute Gasteiger partial charge is 0.363 e. The maximum atomic E-state index is 4.57. The average Bonchev–Trinajstić information content (AvgIpc) is 1.66. The Kier molecular flexibility index (Phi) is 18.0. The SMILES string of the molecule is C.C.C.Cc1[nH]cc2c1cc1ccccn12.Cc1c2c(cc3ccccn32)cn1C.Cc1cc2c(nc3ccccn32)[nH]1.Cc1cc2nc3ccccn3c2[nH]1.Cc1cn2c3ccccc3nc2n1C.Cc1cn2cc3ccccc3c2n1C.Cc1nc2c(n1C)-c1ccccc1C2. The van der Waals surface area contributed by atoms with Crippen LogP contribution in [0.25, 0.3) is 111 Å². The van der Waals surface area contributed by atoms with E-state index in [0.29, 0.717) is 0 Å². The van der Waals surface area contributed by atoms with Crippen molar-refractivity contribution >= 4 is 99.7 Å². The summed E-state index contributed by atoms with van der Waals surface area (Å²) in [4.78, 5) is 27.8. The molecule has 0 aliphatic heterocycles. The van der Waals surface area contributed by atoms with Gasteiger partial charge in [0.25, 0.3) is 0 Å². The van der Waals surface area contributed by atoms with Gasteiger partial charge in [0.2, 0.25) is 5.78 Å². The highest BCUT2D eigenvalue weighted by Gasteiger charge is 2.23. The van der Waals surface area contributed by atoms with E-state index < -0.39 is 0 Å². The first-order valence-corrected chi connectivity index (χ1v) is 32.1. The number of imidazole rings is 6. The summed E-state index contributed by atoms with van der Waals surface area (Å²) in [7, 11) is 8.32. The molecule has 0 unspecified atom stereocenters. The fourth-order valence-electron chi connectivity index (χ4n) is 13.4. The number of nitrogens with zero attached hydrogens (tertiary/aromatic N) is 14. The van der Waals surface area contributed by atoms with Gasteiger partial charge in [-0.1, -0.05) is 107 Å². The van der Waals surface area contributed by atoms with Crippen LogP contribution in [-0.2, 0) is 34.6 Å². The monoisotopic (exact) mass is 1300 g/mol. The van der Waals surface area contributed by atoms with E-state index in [-0.39, 0.29) is 22.3 Å². The second-order valence-corrected chi connectivity index (χ2v) is 24.8. The molecule has 17 aromatic heterocycles. The molecule has 0 fully saturated rings. The quantitative estimate of drug-likeness (QED) is 0.139. The van der Waals surface area contributed by atoms with Crippen LogP contribution in [0.1, 0.15) is 73.5 Å². The molecule has 17 heterocycles. The standard InChI is InChI=1S/3C12H12N2.C11H11N3.C11H10N2.2C10H9N3.3CH4/c1-9-12-10(8-13(9)2)7-11-5-3-4-6-14(11)12;1-9-7-14-8-10-5-3-4-6-11(10)12(14)13(9)2;1-8-13-11-7-9-5-3-4-6-10(9)12(11)14(8)2;1-8-7-14-10-6-4-3-5-9(10)12-11(14)13(8)2;1-8-10-6-9-4-2-3-5-13(9)11(10)7-12-8;1-7-6-8-10(11-7)12-9-4-2-3-5-13(8)9;1-7-6-8-10(11-7)13-5-3-2-4-9(13)12-8;;;/h2*3-8H,1-2H3;3-6H,7H2,1-2H3;3-7H,1-2H3;2-7,12H,1H3;2*2-6,11H,1H3;3*1H4. The maximum Gasteiger partial charge on any atom is 0.214 e. The molecule has 0 bridgehead atoms. The summed E-state index contributed by atoms with van der Waals surface area (Å²) in [5.41, 5.74) is 27.4.